The highest BCUT2D eigenvalue weighted by Gasteiger charge is 2.36. The molecule has 0 saturated carbocycles. The van der Waals surface area contributed by atoms with Crippen molar-refractivity contribution in [1.29, 1.82) is 0 Å². The highest BCUT2D eigenvalue weighted by molar-refractivity contribution is 6.22. The van der Waals surface area contributed by atoms with Gasteiger partial charge in [-0.05, 0) is 25.0 Å². The lowest BCUT2D eigenvalue weighted by atomic mass is 10.1. The summed E-state index contributed by atoms with van der Waals surface area (Å²) in [4.78, 5) is 50.7. The van der Waals surface area contributed by atoms with Crippen LogP contribution >= 0.6 is 0 Å². The summed E-state index contributed by atoms with van der Waals surface area (Å²) in [6, 6.07) is 6.43. The minimum absolute atomic E-state index is 0.0939. The summed E-state index contributed by atoms with van der Waals surface area (Å²) >= 11 is 0. The van der Waals surface area contributed by atoms with Crippen molar-refractivity contribution in [3.05, 3.63) is 35.4 Å². The predicted molar refractivity (Wildman–Crippen MR) is 87.0 cm³/mol. The van der Waals surface area contributed by atoms with Crippen LogP contribution < -0.4 is 5.32 Å². The molecule has 0 atom stereocenters. The number of carbonyl (C=O) groups is 4. The molecule has 8 nitrogen and oxygen atoms in total. The fourth-order valence-electron chi connectivity index (χ4n) is 3.14. The van der Waals surface area contributed by atoms with E-state index in [2.05, 4.69) is 10.1 Å². The molecule has 0 spiro atoms. The van der Waals surface area contributed by atoms with Gasteiger partial charge in [-0.3, -0.25) is 19.3 Å². The van der Waals surface area contributed by atoms with Crippen LogP contribution in [0.3, 0.4) is 0 Å². The molecule has 0 aliphatic carbocycles. The van der Waals surface area contributed by atoms with Gasteiger partial charge in [0, 0.05) is 19.1 Å². The average Bonchev–Trinajstić information content (AvgIpc) is 2.87. The van der Waals surface area contributed by atoms with Gasteiger partial charge < -0.3 is 15.0 Å². The Balaban J connectivity index is 1.54. The summed E-state index contributed by atoms with van der Waals surface area (Å²) in [7, 11) is 1.33. The summed E-state index contributed by atoms with van der Waals surface area (Å²) in [5, 5.41) is 2.83. The Hall–Kier alpha value is -2.90. The number of ether oxygens (including phenoxy) is 1. The van der Waals surface area contributed by atoms with Crippen molar-refractivity contribution in [2.45, 2.75) is 18.9 Å². The van der Waals surface area contributed by atoms with Gasteiger partial charge in [-0.15, -0.1) is 0 Å². The Morgan fingerprint density at radius 2 is 1.68 bits per heavy atom. The number of nitrogens with one attached hydrogen (secondary N) is 1. The molecular weight excluding hydrogens is 326 g/mol. The number of methoxy groups -OCH3 is 1. The number of benzene rings is 1. The molecule has 132 valence electrons. The van der Waals surface area contributed by atoms with E-state index in [4.69, 9.17) is 0 Å². The number of hydrogen-bond donors (Lipinski definition) is 1. The fourth-order valence-corrected chi connectivity index (χ4v) is 3.14. The van der Waals surface area contributed by atoms with E-state index >= 15 is 0 Å². The second-order valence-electron chi connectivity index (χ2n) is 6.04. The van der Waals surface area contributed by atoms with Crippen LogP contribution in [0, 0.1) is 0 Å². The van der Waals surface area contributed by atoms with Gasteiger partial charge in [0.05, 0.1) is 18.2 Å². The Kier molecular flexibility index (Phi) is 4.69. The lowest BCUT2D eigenvalue weighted by molar-refractivity contribution is -0.122. The molecule has 8 heteroatoms. The number of rotatable bonds is 3. The third kappa shape index (κ3) is 3.33. The van der Waals surface area contributed by atoms with Gasteiger partial charge in [-0.2, -0.15) is 0 Å². The van der Waals surface area contributed by atoms with Crippen molar-refractivity contribution in [3.63, 3.8) is 0 Å². The monoisotopic (exact) mass is 345 g/mol. The first kappa shape index (κ1) is 16.9. The van der Waals surface area contributed by atoms with Gasteiger partial charge >= 0.3 is 6.09 Å². The highest BCUT2D eigenvalue weighted by Crippen LogP contribution is 2.22. The van der Waals surface area contributed by atoms with E-state index < -0.39 is 11.8 Å². The van der Waals surface area contributed by atoms with Gasteiger partial charge in [0.2, 0.25) is 5.91 Å². The number of piperidine rings is 1. The summed E-state index contributed by atoms with van der Waals surface area (Å²) in [5.74, 6) is -1.28. The van der Waals surface area contributed by atoms with Crippen molar-refractivity contribution in [1.82, 2.24) is 15.1 Å². The van der Waals surface area contributed by atoms with E-state index in [-0.39, 0.29) is 24.6 Å². The second kappa shape index (κ2) is 6.92. The maximum Gasteiger partial charge on any atom is 0.409 e. The lowest BCUT2D eigenvalue weighted by Gasteiger charge is -2.31. The fraction of sp³-hybridized carbons (Fsp3) is 0.412. The molecule has 2 aliphatic rings. The Morgan fingerprint density at radius 3 is 2.20 bits per heavy atom. The lowest BCUT2D eigenvalue weighted by Crippen LogP contribution is -2.49. The first-order chi connectivity index (χ1) is 12.0. The largest absolute Gasteiger partial charge is 0.453 e. The van der Waals surface area contributed by atoms with E-state index in [0.717, 1.165) is 4.90 Å². The minimum Gasteiger partial charge on any atom is -0.453 e. The number of fused-ring (bicyclic) bond motifs is 1. The minimum atomic E-state index is -0.448. The van der Waals surface area contributed by atoms with Crippen molar-refractivity contribution in [2.24, 2.45) is 0 Å². The van der Waals surface area contributed by atoms with Crippen molar-refractivity contribution >= 4 is 23.8 Å². The standard InChI is InChI=1S/C17H19N3O5/c1-25-17(24)19-8-6-11(7-9-19)18-14(21)10-20-15(22)12-4-2-3-5-13(12)16(20)23/h2-5,11H,6-10H2,1H3,(H,18,21). The Bertz CT molecular complexity index is 690. The van der Waals surface area contributed by atoms with Crippen molar-refractivity contribution in [3.8, 4) is 0 Å². The first-order valence-electron chi connectivity index (χ1n) is 8.08. The van der Waals surface area contributed by atoms with Crippen LogP contribution in [0.15, 0.2) is 24.3 Å². The number of amides is 4. The normalized spacial score (nSPS) is 17.5. The van der Waals surface area contributed by atoms with Gasteiger partial charge in [0.25, 0.3) is 11.8 Å². The molecular formula is C17H19N3O5. The molecule has 25 heavy (non-hydrogen) atoms. The molecule has 1 N–H and O–H groups in total. The molecule has 0 bridgehead atoms. The zero-order valence-electron chi connectivity index (χ0n) is 13.9. The number of nitrogens with zero attached hydrogens (tertiary/aromatic N) is 2. The summed E-state index contributed by atoms with van der Waals surface area (Å²) < 4.78 is 4.67. The van der Waals surface area contributed by atoms with Crippen LogP contribution in [0.25, 0.3) is 0 Å². The van der Waals surface area contributed by atoms with E-state index in [1.807, 2.05) is 0 Å². The maximum absolute atomic E-state index is 12.3. The molecule has 1 aromatic rings. The summed E-state index contributed by atoms with van der Waals surface area (Å²) in [6.07, 6.45) is 0.821. The van der Waals surface area contributed by atoms with Crippen LogP contribution in [-0.4, -0.2) is 66.4 Å². The molecule has 3 rings (SSSR count). The predicted octanol–water partition coefficient (Wildman–Crippen LogP) is 0.630. The molecule has 1 aromatic carbocycles. The molecule has 2 heterocycles. The second-order valence-corrected chi connectivity index (χ2v) is 6.04. The van der Waals surface area contributed by atoms with Crippen LogP contribution in [0.2, 0.25) is 0 Å². The van der Waals surface area contributed by atoms with Crippen molar-refractivity contribution < 1.29 is 23.9 Å². The first-order valence-corrected chi connectivity index (χ1v) is 8.08. The third-order valence-electron chi connectivity index (χ3n) is 4.47. The van der Waals surface area contributed by atoms with E-state index in [1.165, 1.54) is 7.11 Å². The zero-order chi connectivity index (χ0) is 18.0. The summed E-state index contributed by atoms with van der Waals surface area (Å²) in [6.45, 7) is 0.679. The molecule has 4 amide bonds. The number of likely N-dealkylation sites (tertiary alicyclic amines) is 1. The van der Waals surface area contributed by atoms with Crippen LogP contribution in [-0.2, 0) is 9.53 Å². The SMILES string of the molecule is COC(=O)N1CCC(NC(=O)CN2C(=O)c3ccccc3C2=O)CC1. The number of carbonyl (C=O) groups excluding carboxylic acids is 4. The van der Waals surface area contributed by atoms with E-state index in [9.17, 15) is 19.2 Å². The Labute approximate surface area is 144 Å². The van der Waals surface area contributed by atoms with Crippen LogP contribution in [0.4, 0.5) is 4.79 Å². The van der Waals surface area contributed by atoms with E-state index in [1.54, 1.807) is 29.2 Å². The number of hydrogen-bond acceptors (Lipinski definition) is 5. The number of imide groups is 1. The van der Waals surface area contributed by atoms with Crippen LogP contribution in [0.1, 0.15) is 33.6 Å². The maximum atomic E-state index is 12.3. The van der Waals surface area contributed by atoms with Gasteiger partial charge in [-0.25, -0.2) is 4.79 Å². The van der Waals surface area contributed by atoms with Gasteiger partial charge in [-0.1, -0.05) is 12.1 Å². The van der Waals surface area contributed by atoms with Gasteiger partial charge in [0.1, 0.15) is 6.54 Å². The molecule has 1 fully saturated rings. The van der Waals surface area contributed by atoms with Crippen LogP contribution in [0.5, 0.6) is 0 Å². The van der Waals surface area contributed by atoms with Crippen molar-refractivity contribution in [2.75, 3.05) is 26.7 Å². The third-order valence-corrected chi connectivity index (χ3v) is 4.47. The van der Waals surface area contributed by atoms with E-state index in [0.29, 0.717) is 37.1 Å². The average molecular weight is 345 g/mol. The molecule has 0 radical (unpaired) electrons. The molecule has 2 aliphatic heterocycles. The smallest absolute Gasteiger partial charge is 0.409 e. The van der Waals surface area contributed by atoms with Gasteiger partial charge in [0.15, 0.2) is 0 Å². The highest BCUT2D eigenvalue weighted by atomic mass is 16.5. The summed E-state index contributed by atoms with van der Waals surface area (Å²) in [5.41, 5.74) is 0.651. The molecule has 0 unspecified atom stereocenters. The molecule has 1 saturated heterocycles. The quantitative estimate of drug-likeness (QED) is 0.811. The molecule has 0 aromatic heterocycles. The topological polar surface area (TPSA) is 96.0 Å². The Morgan fingerprint density at radius 1 is 1.12 bits per heavy atom. The zero-order valence-corrected chi connectivity index (χ0v) is 13.9.